The number of nitrogens with zero attached hydrogens (tertiary/aromatic N) is 1. The Balaban J connectivity index is 1.58. The Morgan fingerprint density at radius 3 is 2.68 bits per heavy atom. The second kappa shape index (κ2) is 8.91. The molecular formula is C21H16ClFN4O3S. The molecule has 1 aliphatic heterocycles. The van der Waals surface area contributed by atoms with Gasteiger partial charge < -0.3 is 15.6 Å². The predicted octanol–water partition coefficient (Wildman–Crippen LogP) is 3.92. The number of carbonyl (C=O) groups excluding carboxylic acids is 2. The number of hydrogen-bond donors (Lipinski definition) is 3. The summed E-state index contributed by atoms with van der Waals surface area (Å²) in [5.74, 6) is -1.92. The van der Waals surface area contributed by atoms with Gasteiger partial charge in [-0.25, -0.2) is 9.37 Å². The number of amides is 2. The van der Waals surface area contributed by atoms with Gasteiger partial charge in [0, 0.05) is 22.9 Å². The minimum absolute atomic E-state index is 0.0564. The van der Waals surface area contributed by atoms with Gasteiger partial charge in [-0.05, 0) is 35.9 Å². The van der Waals surface area contributed by atoms with Crippen LogP contribution < -0.4 is 16.2 Å². The van der Waals surface area contributed by atoms with Crippen molar-refractivity contribution in [3.63, 3.8) is 0 Å². The highest BCUT2D eigenvalue weighted by Gasteiger charge is 2.34. The van der Waals surface area contributed by atoms with Crippen LogP contribution in [0.4, 0.5) is 15.9 Å². The number of halogens is 2. The summed E-state index contributed by atoms with van der Waals surface area (Å²) in [7, 11) is 0. The van der Waals surface area contributed by atoms with Crippen molar-refractivity contribution < 1.29 is 14.0 Å². The molecule has 2 aromatic carbocycles. The van der Waals surface area contributed by atoms with Gasteiger partial charge in [0.2, 0.25) is 11.8 Å². The molecule has 1 aromatic heterocycles. The van der Waals surface area contributed by atoms with Gasteiger partial charge in [-0.2, -0.15) is 0 Å². The van der Waals surface area contributed by atoms with Gasteiger partial charge in [0.1, 0.15) is 11.6 Å². The molecule has 0 saturated carbocycles. The van der Waals surface area contributed by atoms with Crippen LogP contribution in [0.3, 0.4) is 0 Å². The lowest BCUT2D eigenvalue weighted by atomic mass is 9.92. The highest BCUT2D eigenvalue weighted by atomic mass is 35.5. The van der Waals surface area contributed by atoms with Gasteiger partial charge in [-0.3, -0.25) is 14.4 Å². The Morgan fingerprint density at radius 2 is 1.94 bits per heavy atom. The van der Waals surface area contributed by atoms with Crippen LogP contribution in [0.15, 0.2) is 58.5 Å². The lowest BCUT2D eigenvalue weighted by Crippen LogP contribution is -2.36. The van der Waals surface area contributed by atoms with E-state index in [9.17, 15) is 18.8 Å². The fraction of sp³-hybridized carbons (Fsp3) is 0.143. The second-order valence-electron chi connectivity index (χ2n) is 6.81. The zero-order valence-corrected chi connectivity index (χ0v) is 17.5. The van der Waals surface area contributed by atoms with Crippen molar-refractivity contribution in [2.75, 3.05) is 10.6 Å². The zero-order chi connectivity index (χ0) is 22.0. The Kier molecular flexibility index (Phi) is 6.06. The van der Waals surface area contributed by atoms with E-state index in [4.69, 9.17) is 11.6 Å². The van der Waals surface area contributed by atoms with Gasteiger partial charge >= 0.3 is 0 Å². The van der Waals surface area contributed by atoms with E-state index in [1.54, 1.807) is 6.07 Å². The Morgan fingerprint density at radius 1 is 1.19 bits per heavy atom. The molecule has 4 rings (SSSR count). The molecule has 158 valence electrons. The molecule has 1 aliphatic rings. The smallest absolute Gasteiger partial charge is 0.257 e. The molecule has 7 nitrogen and oxygen atoms in total. The number of aromatic amines is 1. The molecule has 0 bridgehead atoms. The van der Waals surface area contributed by atoms with Crippen LogP contribution in [0.2, 0.25) is 5.02 Å². The minimum atomic E-state index is -1.02. The normalized spacial score (nSPS) is 15.2. The monoisotopic (exact) mass is 458 g/mol. The number of anilines is 2. The lowest BCUT2D eigenvalue weighted by Gasteiger charge is -2.23. The van der Waals surface area contributed by atoms with Gasteiger partial charge in [0.05, 0.1) is 11.5 Å². The summed E-state index contributed by atoms with van der Waals surface area (Å²) in [5, 5.41) is 6.07. The molecule has 10 heteroatoms. The first kappa shape index (κ1) is 21.1. The summed E-state index contributed by atoms with van der Waals surface area (Å²) in [6, 6.07) is 12.5. The average molecular weight is 459 g/mol. The number of hydrogen-bond acceptors (Lipinski definition) is 5. The van der Waals surface area contributed by atoms with Crippen LogP contribution in [-0.4, -0.2) is 21.8 Å². The van der Waals surface area contributed by atoms with Crippen molar-refractivity contribution in [3.05, 3.63) is 80.9 Å². The molecule has 31 heavy (non-hydrogen) atoms. The topological polar surface area (TPSA) is 104 Å². The van der Waals surface area contributed by atoms with Crippen molar-refractivity contribution in [2.24, 2.45) is 0 Å². The van der Waals surface area contributed by atoms with Crippen LogP contribution in [-0.2, 0) is 15.3 Å². The van der Waals surface area contributed by atoms with E-state index in [-0.39, 0.29) is 17.8 Å². The van der Waals surface area contributed by atoms with Crippen molar-refractivity contribution in [3.8, 4) is 0 Å². The van der Waals surface area contributed by atoms with Crippen LogP contribution in [0.5, 0.6) is 0 Å². The van der Waals surface area contributed by atoms with Crippen LogP contribution in [0, 0.1) is 5.82 Å². The fourth-order valence-electron chi connectivity index (χ4n) is 3.17. The average Bonchev–Trinajstić information content (AvgIpc) is 2.74. The number of thioether (sulfide) groups is 1. The third-order valence-corrected chi connectivity index (χ3v) is 5.97. The number of carbonyl (C=O) groups is 2. The first-order chi connectivity index (χ1) is 14.9. The number of rotatable bonds is 5. The maximum absolute atomic E-state index is 13.1. The maximum Gasteiger partial charge on any atom is 0.257 e. The molecule has 3 aromatic rings. The first-order valence-electron chi connectivity index (χ1n) is 9.27. The van der Waals surface area contributed by atoms with Gasteiger partial charge in [-0.15, -0.1) is 0 Å². The third-order valence-electron chi connectivity index (χ3n) is 4.68. The number of fused-ring (bicyclic) bond motifs is 1. The number of nitrogens with one attached hydrogen (secondary N) is 3. The van der Waals surface area contributed by atoms with Crippen molar-refractivity contribution in [2.45, 2.75) is 23.2 Å². The minimum Gasteiger partial charge on any atom is -0.326 e. The highest BCUT2D eigenvalue weighted by Crippen LogP contribution is 2.31. The van der Waals surface area contributed by atoms with E-state index < -0.39 is 29.1 Å². The first-order valence-corrected chi connectivity index (χ1v) is 10.6. The summed E-state index contributed by atoms with van der Waals surface area (Å²) in [5.41, 5.74) is 0.803. The molecule has 0 unspecified atom stereocenters. The Hall–Kier alpha value is -3.17. The molecule has 2 amide bonds. The summed E-state index contributed by atoms with van der Waals surface area (Å²) < 4.78 is 13.1. The van der Waals surface area contributed by atoms with E-state index in [1.165, 1.54) is 36.0 Å². The number of benzene rings is 2. The van der Waals surface area contributed by atoms with Crippen molar-refractivity contribution in [1.82, 2.24) is 9.97 Å². The van der Waals surface area contributed by atoms with Gasteiger partial charge in [0.15, 0.2) is 5.16 Å². The van der Waals surface area contributed by atoms with E-state index in [2.05, 4.69) is 20.6 Å². The molecule has 0 radical (unpaired) electrons. The Labute approximate surface area is 185 Å². The number of H-pyrrole nitrogens is 1. The zero-order valence-electron chi connectivity index (χ0n) is 15.9. The summed E-state index contributed by atoms with van der Waals surface area (Å²) in [4.78, 5) is 44.7. The summed E-state index contributed by atoms with van der Waals surface area (Å²) >= 11 is 7.41. The molecule has 0 aliphatic carbocycles. The summed E-state index contributed by atoms with van der Waals surface area (Å²) in [6.07, 6.45) is -0.198. The van der Waals surface area contributed by atoms with Crippen LogP contribution in [0.1, 0.15) is 23.5 Å². The molecule has 0 saturated heterocycles. The number of aromatic nitrogens is 2. The quantitative estimate of drug-likeness (QED) is 0.397. The van der Waals surface area contributed by atoms with Crippen molar-refractivity contribution >= 4 is 46.7 Å². The van der Waals surface area contributed by atoms with Gasteiger partial charge in [-0.1, -0.05) is 41.6 Å². The third kappa shape index (κ3) is 4.78. The lowest BCUT2D eigenvalue weighted by molar-refractivity contribution is -0.123. The SMILES string of the molecule is O=C1C[C@H](C(=O)Nc2ccc(F)cc2)c2c(nc(SCc3ccccc3Cl)[nH]c2=O)N1. The molecule has 0 fully saturated rings. The van der Waals surface area contributed by atoms with E-state index in [0.29, 0.717) is 21.6 Å². The predicted molar refractivity (Wildman–Crippen MR) is 117 cm³/mol. The van der Waals surface area contributed by atoms with Crippen LogP contribution >= 0.6 is 23.4 Å². The maximum atomic E-state index is 13.1. The van der Waals surface area contributed by atoms with E-state index in [1.807, 2.05) is 18.2 Å². The molecular weight excluding hydrogens is 443 g/mol. The molecule has 0 spiro atoms. The van der Waals surface area contributed by atoms with E-state index in [0.717, 1.165) is 5.56 Å². The highest BCUT2D eigenvalue weighted by molar-refractivity contribution is 7.98. The van der Waals surface area contributed by atoms with Crippen molar-refractivity contribution in [1.29, 1.82) is 0 Å². The second-order valence-corrected chi connectivity index (χ2v) is 8.19. The van der Waals surface area contributed by atoms with E-state index >= 15 is 0 Å². The standard InChI is InChI=1S/C21H16ClFN4O3S/c22-15-4-2-1-3-11(15)10-31-21-26-18-17(20(30)27-21)14(9-16(28)25-18)19(29)24-13-7-5-12(23)6-8-13/h1-8,14H,9-10H2,(H,24,29)(H2,25,26,27,28,30)/t14-/m0/s1. The Bertz CT molecular complexity index is 1220. The molecule has 3 N–H and O–H groups in total. The molecule has 2 heterocycles. The molecule has 1 atom stereocenters. The largest absolute Gasteiger partial charge is 0.326 e. The summed E-state index contributed by atoms with van der Waals surface area (Å²) in [6.45, 7) is 0. The van der Waals surface area contributed by atoms with Gasteiger partial charge in [0.25, 0.3) is 5.56 Å². The van der Waals surface area contributed by atoms with Crippen LogP contribution in [0.25, 0.3) is 0 Å². The fourth-order valence-corrected chi connectivity index (χ4v) is 4.31.